The summed E-state index contributed by atoms with van der Waals surface area (Å²) in [5, 5.41) is 2.88. The maximum atomic E-state index is 12.9. The Kier molecular flexibility index (Phi) is 4.88. The smallest absolute Gasteiger partial charge is 0.317 e. The third-order valence-electron chi connectivity index (χ3n) is 5.38. The van der Waals surface area contributed by atoms with E-state index in [1.54, 1.807) is 27.8 Å². The Balaban J connectivity index is 1.71. The van der Waals surface area contributed by atoms with Gasteiger partial charge in [-0.3, -0.25) is 9.59 Å². The van der Waals surface area contributed by atoms with Crippen LogP contribution in [0.3, 0.4) is 0 Å². The molecule has 27 heavy (non-hydrogen) atoms. The molecule has 0 aliphatic carbocycles. The van der Waals surface area contributed by atoms with Gasteiger partial charge in [-0.15, -0.1) is 0 Å². The predicted molar refractivity (Wildman–Crippen MR) is 104 cm³/mol. The van der Waals surface area contributed by atoms with Crippen LogP contribution in [-0.4, -0.2) is 66.9 Å². The van der Waals surface area contributed by atoms with Crippen LogP contribution in [0.15, 0.2) is 18.2 Å². The molecule has 1 aromatic rings. The van der Waals surface area contributed by atoms with E-state index >= 15 is 0 Å². The molecule has 146 valence electrons. The number of carbonyl (C=O) groups excluding carboxylic acids is 3. The zero-order valence-electron chi connectivity index (χ0n) is 16.7. The zero-order chi connectivity index (χ0) is 19.9. The third kappa shape index (κ3) is 3.38. The SMILES string of the molecule is CC(C)NC(=O)N1CCN(C(=O)c2ccc3c(c2)C(C)(C)C(=O)N3C)CC1. The topological polar surface area (TPSA) is 73.0 Å². The first-order valence-electron chi connectivity index (χ1n) is 9.40. The number of fused-ring (bicyclic) bond motifs is 1. The second kappa shape index (κ2) is 6.87. The number of likely N-dealkylation sites (N-methyl/N-ethyl adjacent to an activating group) is 1. The number of amides is 4. The molecule has 1 N–H and O–H groups in total. The minimum absolute atomic E-state index is 0.0341. The number of urea groups is 1. The summed E-state index contributed by atoms with van der Waals surface area (Å²) in [6, 6.07) is 5.48. The minimum Gasteiger partial charge on any atom is -0.336 e. The van der Waals surface area contributed by atoms with Gasteiger partial charge < -0.3 is 20.0 Å². The van der Waals surface area contributed by atoms with E-state index in [1.807, 2.05) is 39.8 Å². The molecule has 0 unspecified atom stereocenters. The van der Waals surface area contributed by atoms with Crippen molar-refractivity contribution in [3.05, 3.63) is 29.3 Å². The van der Waals surface area contributed by atoms with Gasteiger partial charge in [0.1, 0.15) is 0 Å². The van der Waals surface area contributed by atoms with Crippen LogP contribution in [-0.2, 0) is 10.2 Å². The summed E-state index contributed by atoms with van der Waals surface area (Å²) in [6.07, 6.45) is 0. The van der Waals surface area contributed by atoms with E-state index in [2.05, 4.69) is 5.32 Å². The van der Waals surface area contributed by atoms with Crippen LogP contribution in [0.1, 0.15) is 43.6 Å². The molecule has 1 saturated heterocycles. The van der Waals surface area contributed by atoms with Gasteiger partial charge in [-0.2, -0.15) is 0 Å². The van der Waals surface area contributed by atoms with Crippen molar-refractivity contribution in [1.82, 2.24) is 15.1 Å². The molecule has 2 aliphatic rings. The summed E-state index contributed by atoms with van der Waals surface area (Å²) in [5.74, 6) is -0.0219. The molecule has 7 nitrogen and oxygen atoms in total. The summed E-state index contributed by atoms with van der Waals surface area (Å²) >= 11 is 0. The van der Waals surface area contributed by atoms with Gasteiger partial charge in [0.2, 0.25) is 5.91 Å². The van der Waals surface area contributed by atoms with Crippen LogP contribution in [0, 0.1) is 0 Å². The second-order valence-electron chi connectivity index (χ2n) is 8.10. The van der Waals surface area contributed by atoms with E-state index in [1.165, 1.54) is 0 Å². The molecule has 0 aromatic heterocycles. The fourth-order valence-electron chi connectivity index (χ4n) is 3.74. The molecule has 0 bridgehead atoms. The summed E-state index contributed by atoms with van der Waals surface area (Å²) in [4.78, 5) is 42.6. The van der Waals surface area contributed by atoms with E-state index in [0.29, 0.717) is 31.7 Å². The molecule has 0 atom stereocenters. The average Bonchev–Trinajstić information content (AvgIpc) is 2.81. The van der Waals surface area contributed by atoms with Gasteiger partial charge in [-0.25, -0.2) is 4.79 Å². The van der Waals surface area contributed by atoms with E-state index in [-0.39, 0.29) is 23.9 Å². The van der Waals surface area contributed by atoms with Crippen LogP contribution in [0.4, 0.5) is 10.5 Å². The lowest BCUT2D eigenvalue weighted by Crippen LogP contribution is -2.54. The lowest BCUT2D eigenvalue weighted by atomic mass is 9.85. The van der Waals surface area contributed by atoms with Crippen molar-refractivity contribution in [3.63, 3.8) is 0 Å². The van der Waals surface area contributed by atoms with Gasteiger partial charge in [-0.05, 0) is 51.5 Å². The zero-order valence-corrected chi connectivity index (χ0v) is 16.7. The highest BCUT2D eigenvalue weighted by molar-refractivity contribution is 6.08. The predicted octanol–water partition coefficient (Wildman–Crippen LogP) is 1.82. The molecular formula is C20H28N4O3. The van der Waals surface area contributed by atoms with Gasteiger partial charge in [-0.1, -0.05) is 0 Å². The van der Waals surface area contributed by atoms with E-state index in [4.69, 9.17) is 0 Å². The maximum absolute atomic E-state index is 12.9. The minimum atomic E-state index is -0.631. The highest BCUT2D eigenvalue weighted by Gasteiger charge is 2.42. The molecule has 0 spiro atoms. The van der Waals surface area contributed by atoms with E-state index in [9.17, 15) is 14.4 Å². The highest BCUT2D eigenvalue weighted by Crippen LogP contribution is 2.41. The van der Waals surface area contributed by atoms with Crippen molar-refractivity contribution in [2.75, 3.05) is 38.1 Å². The van der Waals surface area contributed by atoms with Crippen LogP contribution in [0.2, 0.25) is 0 Å². The van der Waals surface area contributed by atoms with Crippen molar-refractivity contribution in [3.8, 4) is 0 Å². The number of anilines is 1. The molecule has 0 saturated carbocycles. The van der Waals surface area contributed by atoms with Crippen LogP contribution < -0.4 is 10.2 Å². The summed E-state index contributed by atoms with van der Waals surface area (Å²) in [6.45, 7) is 9.66. The third-order valence-corrected chi connectivity index (χ3v) is 5.38. The number of hydrogen-bond acceptors (Lipinski definition) is 3. The molecule has 3 rings (SSSR count). The van der Waals surface area contributed by atoms with Gasteiger partial charge in [0.25, 0.3) is 5.91 Å². The van der Waals surface area contributed by atoms with Gasteiger partial charge in [0, 0.05) is 50.5 Å². The highest BCUT2D eigenvalue weighted by atomic mass is 16.2. The number of piperazine rings is 1. The average molecular weight is 372 g/mol. The molecule has 2 aliphatic heterocycles. The van der Waals surface area contributed by atoms with E-state index in [0.717, 1.165) is 11.3 Å². The van der Waals surface area contributed by atoms with Crippen molar-refractivity contribution in [2.45, 2.75) is 39.2 Å². The van der Waals surface area contributed by atoms with Crippen molar-refractivity contribution in [2.24, 2.45) is 0 Å². The van der Waals surface area contributed by atoms with Crippen LogP contribution >= 0.6 is 0 Å². The molecule has 1 aromatic carbocycles. The Hall–Kier alpha value is -2.57. The monoisotopic (exact) mass is 372 g/mol. The number of carbonyl (C=O) groups is 3. The molecule has 7 heteroatoms. The first-order chi connectivity index (χ1) is 12.6. The molecule has 4 amide bonds. The number of nitrogens with zero attached hydrogens (tertiary/aromatic N) is 3. The largest absolute Gasteiger partial charge is 0.336 e. The van der Waals surface area contributed by atoms with Gasteiger partial charge in [0.15, 0.2) is 0 Å². The summed E-state index contributed by atoms with van der Waals surface area (Å²) in [7, 11) is 1.76. The van der Waals surface area contributed by atoms with Crippen LogP contribution in [0.25, 0.3) is 0 Å². The summed E-state index contributed by atoms with van der Waals surface area (Å²) < 4.78 is 0. The van der Waals surface area contributed by atoms with E-state index < -0.39 is 5.41 Å². The standard InChI is InChI=1S/C20H28N4O3/c1-13(2)21-19(27)24-10-8-23(9-11-24)17(25)14-6-7-16-15(12-14)20(3,4)18(26)22(16)5/h6-7,12-13H,8-11H2,1-5H3,(H,21,27). The number of nitrogens with one attached hydrogen (secondary N) is 1. The van der Waals surface area contributed by atoms with Crippen molar-refractivity contribution < 1.29 is 14.4 Å². The fraction of sp³-hybridized carbons (Fsp3) is 0.550. The Bertz CT molecular complexity index is 779. The normalized spacial score (nSPS) is 18.7. The number of benzene rings is 1. The first-order valence-corrected chi connectivity index (χ1v) is 9.40. The molecule has 1 fully saturated rings. The van der Waals surface area contributed by atoms with Crippen molar-refractivity contribution >= 4 is 23.5 Å². The van der Waals surface area contributed by atoms with Gasteiger partial charge in [0.05, 0.1) is 5.41 Å². The maximum Gasteiger partial charge on any atom is 0.317 e. The number of hydrogen-bond donors (Lipinski definition) is 1. The van der Waals surface area contributed by atoms with Crippen LogP contribution in [0.5, 0.6) is 0 Å². The summed E-state index contributed by atoms with van der Waals surface area (Å²) in [5.41, 5.74) is 1.70. The molecular weight excluding hydrogens is 344 g/mol. The quantitative estimate of drug-likeness (QED) is 0.861. The fourth-order valence-corrected chi connectivity index (χ4v) is 3.74. The number of rotatable bonds is 2. The lowest BCUT2D eigenvalue weighted by Gasteiger charge is -2.35. The Morgan fingerprint density at radius 3 is 2.26 bits per heavy atom. The Morgan fingerprint density at radius 2 is 1.67 bits per heavy atom. The Labute approximate surface area is 160 Å². The van der Waals surface area contributed by atoms with Crippen molar-refractivity contribution in [1.29, 1.82) is 0 Å². The lowest BCUT2D eigenvalue weighted by molar-refractivity contribution is -0.121. The molecule has 0 radical (unpaired) electrons. The second-order valence-corrected chi connectivity index (χ2v) is 8.10. The molecule has 2 heterocycles. The Morgan fingerprint density at radius 1 is 1.07 bits per heavy atom. The van der Waals surface area contributed by atoms with Gasteiger partial charge >= 0.3 is 6.03 Å². The first kappa shape index (κ1) is 19.2.